The molecule has 0 spiro atoms. The summed E-state index contributed by atoms with van der Waals surface area (Å²) in [6, 6.07) is 11.1. The maximum absolute atomic E-state index is 3.45. The highest BCUT2D eigenvalue weighted by molar-refractivity contribution is 5.14. The highest BCUT2D eigenvalue weighted by atomic mass is 15.1. The molecule has 84 valence electrons. The van der Waals surface area contributed by atoms with E-state index in [2.05, 4.69) is 61.4 Å². The van der Waals surface area contributed by atoms with Crippen molar-refractivity contribution in [2.24, 2.45) is 0 Å². The van der Waals surface area contributed by atoms with E-state index in [9.17, 15) is 0 Å². The fourth-order valence-corrected chi connectivity index (χ4v) is 1.34. The van der Waals surface area contributed by atoms with E-state index in [4.69, 9.17) is 0 Å². The van der Waals surface area contributed by atoms with Crippen molar-refractivity contribution in [3.63, 3.8) is 0 Å². The zero-order valence-corrected chi connectivity index (χ0v) is 10.0. The second kappa shape index (κ2) is 6.59. The second-order valence-electron chi connectivity index (χ2n) is 4.24. The zero-order valence-electron chi connectivity index (χ0n) is 10.0. The largest absolute Gasteiger partial charge is 0.311 e. The van der Waals surface area contributed by atoms with Crippen LogP contribution in [0.2, 0.25) is 0 Å². The summed E-state index contributed by atoms with van der Waals surface area (Å²) in [5.41, 5.74) is 1.35. The van der Waals surface area contributed by atoms with Gasteiger partial charge in [-0.25, -0.2) is 0 Å². The van der Waals surface area contributed by atoms with Crippen LogP contribution in [0.25, 0.3) is 0 Å². The fourth-order valence-electron chi connectivity index (χ4n) is 1.34. The molecule has 0 fully saturated rings. The molecule has 1 aromatic rings. The molecule has 0 aliphatic rings. The molecule has 0 amide bonds. The van der Waals surface area contributed by atoms with E-state index in [0.717, 1.165) is 19.6 Å². The highest BCUT2D eigenvalue weighted by Gasteiger charge is 2.01. The quantitative estimate of drug-likeness (QED) is 0.717. The number of nitrogens with zero attached hydrogens (tertiary/aromatic N) is 1. The Hall–Kier alpha value is -0.860. The Balaban J connectivity index is 2.12. The molecule has 0 aromatic heterocycles. The summed E-state index contributed by atoms with van der Waals surface area (Å²) in [7, 11) is 2.16. The second-order valence-corrected chi connectivity index (χ2v) is 4.24. The molecule has 2 heteroatoms. The first-order chi connectivity index (χ1) is 7.20. The minimum Gasteiger partial charge on any atom is -0.311 e. The van der Waals surface area contributed by atoms with Crippen molar-refractivity contribution in [1.82, 2.24) is 10.2 Å². The van der Waals surface area contributed by atoms with Crippen LogP contribution in [0.3, 0.4) is 0 Å². The Morgan fingerprint density at radius 3 is 2.47 bits per heavy atom. The molecular weight excluding hydrogens is 184 g/mol. The zero-order chi connectivity index (χ0) is 11.1. The maximum atomic E-state index is 3.45. The number of nitrogens with one attached hydrogen (secondary N) is 1. The fraction of sp³-hybridized carbons (Fsp3) is 0.538. The van der Waals surface area contributed by atoms with Gasteiger partial charge >= 0.3 is 0 Å². The predicted molar refractivity (Wildman–Crippen MR) is 65.9 cm³/mol. The minimum absolute atomic E-state index is 0.628. The number of hydrogen-bond acceptors (Lipinski definition) is 2. The van der Waals surface area contributed by atoms with Crippen molar-refractivity contribution in [3.05, 3.63) is 35.9 Å². The van der Waals surface area contributed by atoms with E-state index < -0.39 is 0 Å². The number of hydrogen-bond donors (Lipinski definition) is 1. The lowest BCUT2D eigenvalue weighted by Crippen LogP contribution is -2.33. The van der Waals surface area contributed by atoms with Gasteiger partial charge in [-0.2, -0.15) is 0 Å². The van der Waals surface area contributed by atoms with Crippen LogP contribution in [0, 0.1) is 0 Å². The summed E-state index contributed by atoms with van der Waals surface area (Å²) in [6.45, 7) is 7.55. The Labute approximate surface area is 93.3 Å². The minimum atomic E-state index is 0.628. The molecule has 1 rings (SSSR count). The van der Waals surface area contributed by atoms with Gasteiger partial charge in [-0.15, -0.1) is 0 Å². The summed E-state index contributed by atoms with van der Waals surface area (Å²) in [5, 5.41) is 3.45. The molecule has 0 saturated carbocycles. The average molecular weight is 206 g/mol. The Morgan fingerprint density at radius 2 is 1.87 bits per heavy atom. The van der Waals surface area contributed by atoms with Crippen molar-refractivity contribution in [2.45, 2.75) is 26.4 Å². The first-order valence-electron chi connectivity index (χ1n) is 5.65. The van der Waals surface area contributed by atoms with Crippen LogP contribution in [0.1, 0.15) is 19.4 Å². The number of benzene rings is 1. The van der Waals surface area contributed by atoms with Crippen LogP contribution < -0.4 is 5.32 Å². The molecule has 15 heavy (non-hydrogen) atoms. The molecule has 0 radical (unpaired) electrons. The van der Waals surface area contributed by atoms with Crippen LogP contribution in [0.15, 0.2) is 30.3 Å². The third kappa shape index (κ3) is 4.96. The van der Waals surface area contributed by atoms with Crippen molar-refractivity contribution in [1.29, 1.82) is 0 Å². The van der Waals surface area contributed by atoms with Gasteiger partial charge in [0.1, 0.15) is 0 Å². The molecule has 0 saturated heterocycles. The topological polar surface area (TPSA) is 15.3 Å². The lowest BCUT2D eigenvalue weighted by atomic mass is 10.2. The number of rotatable bonds is 6. The Bertz CT molecular complexity index is 256. The van der Waals surface area contributed by atoms with Gasteiger partial charge in [0.05, 0.1) is 0 Å². The third-order valence-electron chi connectivity index (χ3n) is 2.69. The van der Waals surface area contributed by atoms with Crippen molar-refractivity contribution in [3.8, 4) is 0 Å². The first-order valence-corrected chi connectivity index (χ1v) is 5.65. The van der Waals surface area contributed by atoms with Gasteiger partial charge in [-0.3, -0.25) is 0 Å². The van der Waals surface area contributed by atoms with E-state index in [1.54, 1.807) is 0 Å². The van der Waals surface area contributed by atoms with Crippen molar-refractivity contribution in [2.75, 3.05) is 20.1 Å². The molecule has 0 aliphatic carbocycles. The molecule has 1 N–H and O–H groups in total. The van der Waals surface area contributed by atoms with Gasteiger partial charge in [0, 0.05) is 25.7 Å². The van der Waals surface area contributed by atoms with Crippen LogP contribution in [0.5, 0.6) is 0 Å². The molecule has 0 unspecified atom stereocenters. The third-order valence-corrected chi connectivity index (χ3v) is 2.69. The number of likely N-dealkylation sites (N-methyl/N-ethyl adjacent to an activating group) is 1. The van der Waals surface area contributed by atoms with Crippen LogP contribution in [0.4, 0.5) is 0 Å². The monoisotopic (exact) mass is 206 g/mol. The maximum Gasteiger partial charge on any atom is 0.0206 e. The van der Waals surface area contributed by atoms with E-state index >= 15 is 0 Å². The lowest BCUT2D eigenvalue weighted by Gasteiger charge is -2.20. The van der Waals surface area contributed by atoms with Gasteiger partial charge in [0.25, 0.3) is 0 Å². The van der Waals surface area contributed by atoms with Gasteiger partial charge in [0.15, 0.2) is 0 Å². The summed E-state index contributed by atoms with van der Waals surface area (Å²) < 4.78 is 0. The van der Waals surface area contributed by atoms with E-state index in [0.29, 0.717) is 6.04 Å². The molecule has 2 nitrogen and oxygen atoms in total. The van der Waals surface area contributed by atoms with Crippen molar-refractivity contribution >= 4 is 0 Å². The smallest absolute Gasteiger partial charge is 0.0206 e. The molecule has 0 aliphatic heterocycles. The van der Waals surface area contributed by atoms with Gasteiger partial charge in [-0.1, -0.05) is 30.3 Å². The van der Waals surface area contributed by atoms with E-state index in [1.165, 1.54) is 5.56 Å². The summed E-state index contributed by atoms with van der Waals surface area (Å²) in [4.78, 5) is 2.35. The molecule has 1 aromatic carbocycles. The van der Waals surface area contributed by atoms with Crippen LogP contribution in [-0.2, 0) is 6.54 Å². The standard InChI is InChI=1S/C13H22N2/c1-12(2)15(3)10-9-14-11-13-7-5-4-6-8-13/h4-8,12,14H,9-11H2,1-3H3. The first kappa shape index (κ1) is 12.2. The van der Waals surface area contributed by atoms with Crippen molar-refractivity contribution < 1.29 is 0 Å². The molecule has 0 atom stereocenters. The lowest BCUT2D eigenvalue weighted by molar-refractivity contribution is 0.273. The molecular formula is C13H22N2. The molecule has 0 heterocycles. The van der Waals surface area contributed by atoms with Gasteiger partial charge < -0.3 is 10.2 Å². The summed E-state index contributed by atoms with van der Waals surface area (Å²) in [5.74, 6) is 0. The van der Waals surface area contributed by atoms with E-state index in [-0.39, 0.29) is 0 Å². The molecule has 0 bridgehead atoms. The average Bonchev–Trinajstić information content (AvgIpc) is 2.25. The highest BCUT2D eigenvalue weighted by Crippen LogP contribution is 1.97. The Morgan fingerprint density at radius 1 is 1.20 bits per heavy atom. The van der Waals surface area contributed by atoms with E-state index in [1.807, 2.05) is 0 Å². The predicted octanol–water partition coefficient (Wildman–Crippen LogP) is 2.12. The van der Waals surface area contributed by atoms with Crippen LogP contribution >= 0.6 is 0 Å². The summed E-state index contributed by atoms with van der Waals surface area (Å²) >= 11 is 0. The van der Waals surface area contributed by atoms with Crippen LogP contribution in [-0.4, -0.2) is 31.1 Å². The SMILES string of the molecule is CC(C)N(C)CCNCc1ccccc1. The van der Waals surface area contributed by atoms with Gasteiger partial charge in [0.2, 0.25) is 0 Å². The summed E-state index contributed by atoms with van der Waals surface area (Å²) in [6.07, 6.45) is 0. The van der Waals surface area contributed by atoms with Gasteiger partial charge in [-0.05, 0) is 26.5 Å². The Kier molecular flexibility index (Phi) is 5.37. The normalized spacial score (nSPS) is 11.3.